The van der Waals surface area contributed by atoms with Gasteiger partial charge in [0.1, 0.15) is 28.6 Å². The van der Waals surface area contributed by atoms with Crippen LogP contribution in [-0.2, 0) is 10.0 Å². The number of carbonyl (C=O) groups is 1. The van der Waals surface area contributed by atoms with Crippen molar-refractivity contribution in [1.82, 2.24) is 24.2 Å². The topological polar surface area (TPSA) is 97.2 Å². The second-order valence-corrected chi connectivity index (χ2v) is 9.31. The average molecular weight is 444 g/mol. The van der Waals surface area contributed by atoms with Gasteiger partial charge in [-0.2, -0.15) is 4.31 Å². The van der Waals surface area contributed by atoms with Crippen LogP contribution in [0, 0.1) is 5.82 Å². The molecule has 0 saturated carbocycles. The molecule has 1 saturated heterocycles. The molecule has 1 atom stereocenters. The van der Waals surface area contributed by atoms with Gasteiger partial charge in [-0.05, 0) is 49.6 Å². The molecule has 3 heterocycles. The number of benzene rings is 1. The van der Waals surface area contributed by atoms with Crippen molar-refractivity contribution in [2.45, 2.75) is 30.7 Å². The normalized spacial score (nSPS) is 15.7. The number of imidazole rings is 1. The lowest BCUT2D eigenvalue weighted by Crippen LogP contribution is -2.28. The van der Waals surface area contributed by atoms with E-state index < -0.39 is 10.0 Å². The maximum atomic E-state index is 13.1. The minimum Gasteiger partial charge on any atom is -0.344 e. The minimum absolute atomic E-state index is 0.143. The van der Waals surface area contributed by atoms with Crippen molar-refractivity contribution >= 4 is 15.9 Å². The van der Waals surface area contributed by atoms with E-state index in [1.807, 2.05) is 0 Å². The van der Waals surface area contributed by atoms with Gasteiger partial charge in [-0.1, -0.05) is 12.1 Å². The van der Waals surface area contributed by atoms with Gasteiger partial charge in [0.2, 0.25) is 10.0 Å². The third-order valence-electron chi connectivity index (χ3n) is 5.22. The minimum atomic E-state index is -3.53. The summed E-state index contributed by atoms with van der Waals surface area (Å²) in [7, 11) is -3.53. The number of carbonyl (C=O) groups excluding carboxylic acids is 1. The summed E-state index contributed by atoms with van der Waals surface area (Å²) < 4.78 is 41.3. The van der Waals surface area contributed by atoms with Crippen molar-refractivity contribution in [3.05, 3.63) is 72.2 Å². The van der Waals surface area contributed by atoms with Crippen LogP contribution in [0.25, 0.3) is 5.82 Å². The number of halogens is 1. The maximum absolute atomic E-state index is 13.1. The van der Waals surface area contributed by atoms with Crippen molar-refractivity contribution in [2.75, 3.05) is 13.1 Å². The van der Waals surface area contributed by atoms with Crippen LogP contribution in [0.1, 0.15) is 41.9 Å². The molecule has 1 amide bonds. The fraction of sp³-hybridized carbons (Fsp3) is 0.286. The van der Waals surface area contributed by atoms with Crippen LogP contribution in [0.15, 0.2) is 60.0 Å². The number of sulfonamides is 1. The van der Waals surface area contributed by atoms with Crippen LogP contribution in [0.4, 0.5) is 4.39 Å². The fourth-order valence-electron chi connectivity index (χ4n) is 3.43. The average Bonchev–Trinajstić information content (AvgIpc) is 3.47. The predicted molar refractivity (Wildman–Crippen MR) is 112 cm³/mol. The molecule has 0 aliphatic carbocycles. The third kappa shape index (κ3) is 4.49. The van der Waals surface area contributed by atoms with E-state index >= 15 is 0 Å². The number of hydrogen-bond donors (Lipinski definition) is 1. The van der Waals surface area contributed by atoms with Gasteiger partial charge >= 0.3 is 0 Å². The van der Waals surface area contributed by atoms with Crippen LogP contribution in [0.3, 0.4) is 0 Å². The van der Waals surface area contributed by atoms with Crippen molar-refractivity contribution in [1.29, 1.82) is 0 Å². The Morgan fingerprint density at radius 1 is 1.10 bits per heavy atom. The highest BCUT2D eigenvalue weighted by atomic mass is 32.2. The third-order valence-corrected chi connectivity index (χ3v) is 7.10. The number of pyridine rings is 1. The Morgan fingerprint density at radius 2 is 1.81 bits per heavy atom. The Labute approximate surface area is 179 Å². The van der Waals surface area contributed by atoms with Gasteiger partial charge in [0, 0.05) is 25.5 Å². The standard InChI is InChI=1S/C21H22FN5O3S/c1-15(16-4-6-17(22)7-5-16)25-21(28)19-13-26(14-24-19)20-9-8-18(12-23-20)31(29,30)27-10-2-3-11-27/h4-9,12-15H,2-3,10-11H2,1H3,(H,25,28)/t15-/m1/s1. The van der Waals surface area contributed by atoms with Crippen LogP contribution >= 0.6 is 0 Å². The first-order valence-electron chi connectivity index (χ1n) is 9.91. The molecular weight excluding hydrogens is 421 g/mol. The Balaban J connectivity index is 1.45. The van der Waals surface area contributed by atoms with Crippen LogP contribution < -0.4 is 5.32 Å². The van der Waals surface area contributed by atoms with E-state index in [1.165, 1.54) is 41.2 Å². The quantitative estimate of drug-likeness (QED) is 0.632. The molecule has 4 rings (SSSR count). The molecule has 3 aromatic rings. The van der Waals surface area contributed by atoms with E-state index in [-0.39, 0.29) is 28.4 Å². The molecule has 2 aromatic heterocycles. The highest BCUT2D eigenvalue weighted by Crippen LogP contribution is 2.21. The van der Waals surface area contributed by atoms with E-state index in [1.54, 1.807) is 29.7 Å². The molecule has 0 unspecified atom stereocenters. The zero-order valence-electron chi connectivity index (χ0n) is 16.9. The van der Waals surface area contributed by atoms with Gasteiger partial charge in [-0.25, -0.2) is 22.8 Å². The predicted octanol–water partition coefficient (Wildman–Crippen LogP) is 2.68. The molecule has 1 N–H and O–H groups in total. The SMILES string of the molecule is C[C@@H](NC(=O)c1cn(-c2ccc(S(=O)(=O)N3CCCC3)cn2)cn1)c1ccc(F)cc1. The lowest BCUT2D eigenvalue weighted by Gasteiger charge is -2.15. The largest absolute Gasteiger partial charge is 0.344 e. The molecule has 0 radical (unpaired) electrons. The molecule has 0 spiro atoms. The molecule has 31 heavy (non-hydrogen) atoms. The maximum Gasteiger partial charge on any atom is 0.271 e. The van der Waals surface area contributed by atoms with E-state index in [0.717, 1.165) is 18.4 Å². The van der Waals surface area contributed by atoms with E-state index in [2.05, 4.69) is 15.3 Å². The molecule has 1 fully saturated rings. The second kappa shape index (κ2) is 8.56. The van der Waals surface area contributed by atoms with Crippen molar-refractivity contribution < 1.29 is 17.6 Å². The summed E-state index contributed by atoms with van der Waals surface area (Å²) in [5.41, 5.74) is 0.954. The van der Waals surface area contributed by atoms with Crippen molar-refractivity contribution in [3.63, 3.8) is 0 Å². The first kappa shape index (κ1) is 21.1. The highest BCUT2D eigenvalue weighted by Gasteiger charge is 2.27. The number of nitrogens with one attached hydrogen (secondary N) is 1. The summed E-state index contributed by atoms with van der Waals surface area (Å²) in [4.78, 5) is 21.0. The van der Waals surface area contributed by atoms with Gasteiger partial charge in [0.15, 0.2) is 0 Å². The van der Waals surface area contributed by atoms with Gasteiger partial charge in [0.05, 0.1) is 6.04 Å². The number of amides is 1. The molecule has 1 aliphatic rings. The Hall–Kier alpha value is -3.11. The fourth-order valence-corrected chi connectivity index (χ4v) is 4.89. The van der Waals surface area contributed by atoms with E-state index in [0.29, 0.717) is 18.9 Å². The molecule has 8 nitrogen and oxygen atoms in total. The smallest absolute Gasteiger partial charge is 0.271 e. The lowest BCUT2D eigenvalue weighted by atomic mass is 10.1. The first-order chi connectivity index (χ1) is 14.8. The Kier molecular flexibility index (Phi) is 5.84. The molecule has 1 aromatic carbocycles. The Bertz CT molecular complexity index is 1170. The highest BCUT2D eigenvalue weighted by molar-refractivity contribution is 7.89. The summed E-state index contributed by atoms with van der Waals surface area (Å²) in [6.07, 6.45) is 6.01. The molecule has 0 bridgehead atoms. The second-order valence-electron chi connectivity index (χ2n) is 7.38. The summed E-state index contributed by atoms with van der Waals surface area (Å²) >= 11 is 0. The van der Waals surface area contributed by atoms with Gasteiger partial charge < -0.3 is 5.32 Å². The number of rotatable bonds is 6. The number of aromatic nitrogens is 3. The summed E-state index contributed by atoms with van der Waals surface area (Å²) in [6, 6.07) is 8.66. The van der Waals surface area contributed by atoms with E-state index in [9.17, 15) is 17.6 Å². The van der Waals surface area contributed by atoms with E-state index in [4.69, 9.17) is 0 Å². The number of nitrogens with zero attached hydrogens (tertiary/aromatic N) is 4. The van der Waals surface area contributed by atoms with Gasteiger partial charge in [0.25, 0.3) is 5.91 Å². The lowest BCUT2D eigenvalue weighted by molar-refractivity contribution is 0.0935. The number of hydrogen-bond acceptors (Lipinski definition) is 5. The first-order valence-corrected chi connectivity index (χ1v) is 11.4. The van der Waals surface area contributed by atoms with Gasteiger partial charge in [-0.3, -0.25) is 9.36 Å². The summed E-state index contributed by atoms with van der Waals surface area (Å²) in [5.74, 6) is -0.282. The molecule has 10 heteroatoms. The zero-order chi connectivity index (χ0) is 22.0. The van der Waals surface area contributed by atoms with Gasteiger partial charge in [-0.15, -0.1) is 0 Å². The van der Waals surface area contributed by atoms with Crippen LogP contribution in [0.5, 0.6) is 0 Å². The van der Waals surface area contributed by atoms with Crippen molar-refractivity contribution in [3.8, 4) is 5.82 Å². The molecule has 1 aliphatic heterocycles. The molecule has 162 valence electrons. The van der Waals surface area contributed by atoms with Crippen molar-refractivity contribution in [2.24, 2.45) is 0 Å². The summed E-state index contributed by atoms with van der Waals surface area (Å²) in [5, 5.41) is 2.81. The molecular formula is C21H22FN5O3S. The zero-order valence-corrected chi connectivity index (χ0v) is 17.7. The monoisotopic (exact) mass is 443 g/mol. The van der Waals surface area contributed by atoms with Crippen LogP contribution in [-0.4, -0.2) is 46.3 Å². The summed E-state index contributed by atoms with van der Waals surface area (Å²) in [6.45, 7) is 2.85. The Morgan fingerprint density at radius 3 is 2.45 bits per heavy atom. The van der Waals surface area contributed by atoms with Crippen LogP contribution in [0.2, 0.25) is 0 Å².